The van der Waals surface area contributed by atoms with Crippen LogP contribution >= 0.6 is 0 Å². The molecule has 0 saturated heterocycles. The Bertz CT molecular complexity index is 929. The lowest BCUT2D eigenvalue weighted by atomic mass is 10.2. The number of benzene rings is 2. The Morgan fingerprint density at radius 1 is 1.07 bits per heavy atom. The SMILES string of the molecule is CCCCCCOc1ccc(C(=O)N=Nc2c(O)[nH]c3ccccc23)cc1. The molecule has 0 bridgehead atoms. The van der Waals surface area contributed by atoms with Crippen molar-refractivity contribution >= 4 is 22.5 Å². The standard InChI is InChI=1S/C21H23N3O3/c1-2-3-4-7-14-27-16-12-10-15(11-13-16)20(25)24-23-19-17-8-5-6-9-18(17)22-21(19)26/h5-6,8-13,22,26H,2-4,7,14H2,1H3. The summed E-state index contributed by atoms with van der Waals surface area (Å²) in [5, 5.41) is 18.3. The third kappa shape index (κ3) is 4.73. The van der Waals surface area contributed by atoms with Crippen LogP contribution in [0.4, 0.5) is 5.69 Å². The number of carbonyl (C=O) groups is 1. The predicted molar refractivity (Wildman–Crippen MR) is 105 cm³/mol. The van der Waals surface area contributed by atoms with E-state index in [4.69, 9.17) is 4.74 Å². The maximum Gasteiger partial charge on any atom is 0.295 e. The van der Waals surface area contributed by atoms with Gasteiger partial charge in [0.05, 0.1) is 12.1 Å². The normalized spacial score (nSPS) is 11.3. The van der Waals surface area contributed by atoms with E-state index in [-0.39, 0.29) is 11.6 Å². The Morgan fingerprint density at radius 2 is 1.85 bits per heavy atom. The van der Waals surface area contributed by atoms with Gasteiger partial charge in [0.25, 0.3) is 5.91 Å². The van der Waals surface area contributed by atoms with Crippen LogP contribution in [0.5, 0.6) is 11.6 Å². The molecular weight excluding hydrogens is 342 g/mol. The van der Waals surface area contributed by atoms with Gasteiger partial charge in [-0.25, -0.2) is 0 Å². The van der Waals surface area contributed by atoms with Gasteiger partial charge in [-0.05, 0) is 36.8 Å². The minimum atomic E-state index is -0.478. The number of unbranched alkanes of at least 4 members (excludes halogenated alkanes) is 3. The van der Waals surface area contributed by atoms with E-state index in [0.717, 1.165) is 24.1 Å². The maximum atomic E-state index is 12.2. The van der Waals surface area contributed by atoms with E-state index < -0.39 is 5.91 Å². The van der Waals surface area contributed by atoms with E-state index in [1.165, 1.54) is 12.8 Å². The number of aromatic nitrogens is 1. The van der Waals surface area contributed by atoms with Crippen molar-refractivity contribution in [3.8, 4) is 11.6 Å². The highest BCUT2D eigenvalue weighted by atomic mass is 16.5. The fourth-order valence-corrected chi connectivity index (χ4v) is 2.78. The lowest BCUT2D eigenvalue weighted by Gasteiger charge is -2.06. The third-order valence-electron chi connectivity index (χ3n) is 4.27. The van der Waals surface area contributed by atoms with Crippen LogP contribution in [0.2, 0.25) is 0 Å². The van der Waals surface area contributed by atoms with E-state index in [0.29, 0.717) is 17.6 Å². The van der Waals surface area contributed by atoms with Gasteiger partial charge in [-0.2, -0.15) is 0 Å². The first-order valence-corrected chi connectivity index (χ1v) is 9.17. The molecular formula is C21H23N3O3. The topological polar surface area (TPSA) is 87.0 Å². The molecule has 2 aromatic carbocycles. The minimum Gasteiger partial charge on any atom is -0.494 e. The first-order chi connectivity index (χ1) is 13.2. The van der Waals surface area contributed by atoms with Crippen molar-refractivity contribution < 1.29 is 14.6 Å². The van der Waals surface area contributed by atoms with Gasteiger partial charge in [0.1, 0.15) is 5.75 Å². The maximum absolute atomic E-state index is 12.2. The van der Waals surface area contributed by atoms with Gasteiger partial charge in [0.2, 0.25) is 5.88 Å². The average Bonchev–Trinajstić information content (AvgIpc) is 3.01. The van der Waals surface area contributed by atoms with E-state index in [2.05, 4.69) is 22.1 Å². The Labute approximate surface area is 157 Å². The molecule has 0 fully saturated rings. The molecule has 0 spiro atoms. The van der Waals surface area contributed by atoms with E-state index >= 15 is 0 Å². The molecule has 3 rings (SSSR count). The summed E-state index contributed by atoms with van der Waals surface area (Å²) >= 11 is 0. The van der Waals surface area contributed by atoms with E-state index in [9.17, 15) is 9.90 Å². The number of nitrogens with zero attached hydrogens (tertiary/aromatic N) is 2. The lowest BCUT2D eigenvalue weighted by molar-refractivity contribution is 0.0995. The predicted octanol–water partition coefficient (Wildman–Crippen LogP) is 5.76. The molecule has 0 atom stereocenters. The Balaban J connectivity index is 1.62. The van der Waals surface area contributed by atoms with Crippen molar-refractivity contribution in [3.63, 3.8) is 0 Å². The fraction of sp³-hybridized carbons (Fsp3) is 0.286. The van der Waals surface area contributed by atoms with Crippen LogP contribution in [0, 0.1) is 0 Å². The van der Waals surface area contributed by atoms with Crippen LogP contribution in [0.3, 0.4) is 0 Å². The van der Waals surface area contributed by atoms with E-state index in [1.54, 1.807) is 30.3 Å². The second kappa shape index (κ2) is 8.98. The quantitative estimate of drug-likeness (QED) is 0.393. The van der Waals surface area contributed by atoms with Gasteiger partial charge >= 0.3 is 0 Å². The molecule has 3 aromatic rings. The van der Waals surface area contributed by atoms with Gasteiger partial charge in [-0.3, -0.25) is 4.79 Å². The monoisotopic (exact) mass is 365 g/mol. The fourth-order valence-electron chi connectivity index (χ4n) is 2.78. The Kier molecular flexibility index (Phi) is 6.20. The number of hydrogen-bond donors (Lipinski definition) is 2. The van der Waals surface area contributed by atoms with Gasteiger partial charge in [-0.1, -0.05) is 44.4 Å². The number of amides is 1. The van der Waals surface area contributed by atoms with Gasteiger partial charge in [0.15, 0.2) is 5.69 Å². The Hall–Kier alpha value is -3.15. The van der Waals surface area contributed by atoms with Crippen LogP contribution in [-0.2, 0) is 0 Å². The third-order valence-corrected chi connectivity index (χ3v) is 4.27. The highest BCUT2D eigenvalue weighted by molar-refractivity contribution is 5.97. The van der Waals surface area contributed by atoms with Gasteiger partial charge < -0.3 is 14.8 Å². The lowest BCUT2D eigenvalue weighted by Crippen LogP contribution is -1.98. The molecule has 1 aromatic heterocycles. The molecule has 0 unspecified atom stereocenters. The summed E-state index contributed by atoms with van der Waals surface area (Å²) < 4.78 is 5.67. The zero-order valence-electron chi connectivity index (χ0n) is 15.3. The first-order valence-electron chi connectivity index (χ1n) is 9.17. The molecule has 0 saturated carbocycles. The van der Waals surface area contributed by atoms with E-state index in [1.807, 2.05) is 18.2 Å². The molecule has 6 heteroatoms. The molecule has 27 heavy (non-hydrogen) atoms. The smallest absolute Gasteiger partial charge is 0.295 e. The second-order valence-corrected chi connectivity index (χ2v) is 6.31. The molecule has 0 radical (unpaired) electrons. The average molecular weight is 365 g/mol. The first kappa shape index (κ1) is 18.6. The highest BCUT2D eigenvalue weighted by Crippen LogP contribution is 2.35. The second-order valence-electron chi connectivity index (χ2n) is 6.31. The van der Waals surface area contributed by atoms with Crippen LogP contribution < -0.4 is 4.74 Å². The van der Waals surface area contributed by atoms with Gasteiger partial charge in [-0.15, -0.1) is 10.2 Å². The van der Waals surface area contributed by atoms with Crippen LogP contribution in [0.25, 0.3) is 10.9 Å². The molecule has 0 aliphatic heterocycles. The molecule has 1 heterocycles. The summed E-state index contributed by atoms with van der Waals surface area (Å²) in [7, 11) is 0. The van der Waals surface area contributed by atoms with Crippen molar-refractivity contribution in [2.24, 2.45) is 10.2 Å². The molecule has 0 aliphatic rings. The number of ether oxygens (including phenoxy) is 1. The summed E-state index contributed by atoms with van der Waals surface area (Å²) in [6.45, 7) is 2.85. The number of aromatic hydroxyl groups is 1. The number of fused-ring (bicyclic) bond motifs is 1. The summed E-state index contributed by atoms with van der Waals surface area (Å²) in [6.07, 6.45) is 4.60. The van der Waals surface area contributed by atoms with Crippen molar-refractivity contribution in [1.29, 1.82) is 0 Å². The van der Waals surface area contributed by atoms with Crippen molar-refractivity contribution in [1.82, 2.24) is 4.98 Å². The number of nitrogens with one attached hydrogen (secondary N) is 1. The number of azo groups is 1. The zero-order chi connectivity index (χ0) is 19.1. The highest BCUT2D eigenvalue weighted by Gasteiger charge is 2.11. The number of hydrogen-bond acceptors (Lipinski definition) is 4. The minimum absolute atomic E-state index is 0.112. The number of carbonyl (C=O) groups excluding carboxylic acids is 1. The van der Waals surface area contributed by atoms with Crippen LogP contribution in [0.1, 0.15) is 43.0 Å². The molecule has 1 amide bonds. The molecule has 2 N–H and O–H groups in total. The van der Waals surface area contributed by atoms with Crippen LogP contribution in [-0.4, -0.2) is 22.6 Å². The zero-order valence-corrected chi connectivity index (χ0v) is 15.3. The summed E-state index contributed by atoms with van der Waals surface area (Å²) in [4.78, 5) is 15.0. The van der Waals surface area contributed by atoms with Crippen molar-refractivity contribution in [2.45, 2.75) is 32.6 Å². The number of H-pyrrole nitrogens is 1. The number of aromatic amines is 1. The number of para-hydroxylation sites is 1. The largest absolute Gasteiger partial charge is 0.494 e. The van der Waals surface area contributed by atoms with Crippen molar-refractivity contribution in [3.05, 3.63) is 54.1 Å². The summed E-state index contributed by atoms with van der Waals surface area (Å²) in [5.74, 6) is 0.142. The molecule has 140 valence electrons. The summed E-state index contributed by atoms with van der Waals surface area (Å²) in [6, 6.07) is 14.1. The summed E-state index contributed by atoms with van der Waals surface area (Å²) in [5.41, 5.74) is 1.40. The Morgan fingerprint density at radius 3 is 2.63 bits per heavy atom. The molecule has 0 aliphatic carbocycles. The van der Waals surface area contributed by atoms with Gasteiger partial charge in [0, 0.05) is 10.9 Å². The van der Waals surface area contributed by atoms with Crippen LogP contribution in [0.15, 0.2) is 58.8 Å². The molecule has 6 nitrogen and oxygen atoms in total. The number of rotatable bonds is 8. The van der Waals surface area contributed by atoms with Crippen molar-refractivity contribution in [2.75, 3.05) is 6.61 Å².